The predicted octanol–water partition coefficient (Wildman–Crippen LogP) is 3.35. The second kappa shape index (κ2) is 4.26. The molecule has 2 heterocycles. The number of aliphatic imine (C=N–C) groups is 1. The van der Waals surface area contributed by atoms with Crippen LogP contribution in [-0.4, -0.2) is 10.8 Å². The molecule has 0 fully saturated rings. The van der Waals surface area contributed by atoms with Gasteiger partial charge in [-0.1, -0.05) is 30.3 Å². The van der Waals surface area contributed by atoms with Crippen LogP contribution in [0.25, 0.3) is 5.70 Å². The number of allylic oxidation sites excluding steroid dienone is 2. The van der Waals surface area contributed by atoms with Crippen molar-refractivity contribution >= 4 is 11.9 Å². The summed E-state index contributed by atoms with van der Waals surface area (Å²) in [6.07, 6.45) is 9.89. The Morgan fingerprint density at radius 1 is 0.941 bits per heavy atom. The molecule has 17 heavy (non-hydrogen) atoms. The molecule has 82 valence electrons. The lowest BCUT2D eigenvalue weighted by Gasteiger charge is -2.11. The van der Waals surface area contributed by atoms with E-state index in [1.54, 1.807) is 0 Å². The lowest BCUT2D eigenvalue weighted by molar-refractivity contribution is 1.09. The predicted molar refractivity (Wildman–Crippen MR) is 70.8 cm³/mol. The smallest absolute Gasteiger partial charge is 0.0876 e. The minimum Gasteiger partial charge on any atom is -0.321 e. The minimum absolute atomic E-state index is 0.993. The van der Waals surface area contributed by atoms with Crippen LogP contribution in [0.4, 0.5) is 0 Å². The third-order valence-corrected chi connectivity index (χ3v) is 2.71. The molecule has 0 spiro atoms. The first-order valence-corrected chi connectivity index (χ1v) is 5.59. The first-order chi connectivity index (χ1) is 8.45. The fourth-order valence-corrected chi connectivity index (χ4v) is 1.95. The Bertz CT molecular complexity index is 573. The summed E-state index contributed by atoms with van der Waals surface area (Å²) in [5, 5.41) is 0. The lowest BCUT2D eigenvalue weighted by atomic mass is 10.1. The second-order valence-electron chi connectivity index (χ2n) is 3.83. The van der Waals surface area contributed by atoms with Gasteiger partial charge in [0.25, 0.3) is 0 Å². The highest BCUT2D eigenvalue weighted by molar-refractivity contribution is 5.83. The van der Waals surface area contributed by atoms with Crippen LogP contribution >= 0.6 is 0 Å². The average Bonchev–Trinajstić information content (AvgIpc) is 3.04. The van der Waals surface area contributed by atoms with Gasteiger partial charge in [-0.3, -0.25) is 4.99 Å². The molecular formula is C15H12N2. The van der Waals surface area contributed by atoms with Gasteiger partial charge >= 0.3 is 0 Å². The topological polar surface area (TPSA) is 17.3 Å². The molecule has 0 saturated carbocycles. The van der Waals surface area contributed by atoms with Gasteiger partial charge in [0.2, 0.25) is 0 Å². The van der Waals surface area contributed by atoms with Gasteiger partial charge < -0.3 is 4.57 Å². The van der Waals surface area contributed by atoms with Crippen LogP contribution in [0.1, 0.15) is 5.56 Å². The zero-order valence-corrected chi connectivity index (χ0v) is 9.32. The number of rotatable bonds is 2. The standard InChI is InChI=1S/C15H12N2/c1-2-7-13(8-3-1)15(14-9-6-10-16-14)17-11-4-5-12-17/h1-12H/b15-14+. The van der Waals surface area contributed by atoms with Crippen molar-refractivity contribution in [1.82, 2.24) is 4.57 Å². The van der Waals surface area contributed by atoms with Crippen molar-refractivity contribution in [1.29, 1.82) is 0 Å². The summed E-state index contributed by atoms with van der Waals surface area (Å²) in [4.78, 5) is 4.39. The first-order valence-electron chi connectivity index (χ1n) is 5.59. The van der Waals surface area contributed by atoms with Crippen molar-refractivity contribution in [3.8, 4) is 0 Å². The van der Waals surface area contributed by atoms with Gasteiger partial charge in [0, 0.05) is 24.2 Å². The summed E-state index contributed by atoms with van der Waals surface area (Å²) < 4.78 is 2.09. The molecule has 2 nitrogen and oxygen atoms in total. The van der Waals surface area contributed by atoms with E-state index in [9.17, 15) is 0 Å². The molecule has 0 radical (unpaired) electrons. The molecule has 3 rings (SSSR count). The van der Waals surface area contributed by atoms with Crippen molar-refractivity contribution in [2.24, 2.45) is 4.99 Å². The van der Waals surface area contributed by atoms with Crippen LogP contribution in [0.3, 0.4) is 0 Å². The molecule has 0 saturated heterocycles. The van der Waals surface area contributed by atoms with E-state index in [0.29, 0.717) is 0 Å². The third-order valence-electron chi connectivity index (χ3n) is 2.71. The van der Waals surface area contributed by atoms with E-state index in [4.69, 9.17) is 0 Å². The van der Waals surface area contributed by atoms with Crippen molar-refractivity contribution < 1.29 is 0 Å². The largest absolute Gasteiger partial charge is 0.321 e. The van der Waals surface area contributed by atoms with E-state index in [-0.39, 0.29) is 0 Å². The number of benzene rings is 1. The van der Waals surface area contributed by atoms with Crippen LogP contribution < -0.4 is 0 Å². The molecule has 1 aromatic carbocycles. The normalized spacial score (nSPS) is 16.5. The Hall–Kier alpha value is -2.35. The molecule has 1 aromatic heterocycles. The minimum atomic E-state index is 0.993. The summed E-state index contributed by atoms with van der Waals surface area (Å²) in [6.45, 7) is 0. The zero-order valence-electron chi connectivity index (χ0n) is 9.32. The SMILES string of the molecule is C1=C/C(=C(/c2ccccc2)n2cccc2)N=C1. The molecule has 1 aliphatic heterocycles. The number of aromatic nitrogens is 1. The van der Waals surface area contributed by atoms with Gasteiger partial charge in [-0.2, -0.15) is 0 Å². The second-order valence-corrected chi connectivity index (χ2v) is 3.83. The Labute approximate surface area is 100 Å². The van der Waals surface area contributed by atoms with E-state index in [2.05, 4.69) is 21.7 Å². The van der Waals surface area contributed by atoms with Gasteiger partial charge in [-0.15, -0.1) is 0 Å². The van der Waals surface area contributed by atoms with Gasteiger partial charge in [0.15, 0.2) is 0 Å². The first kappa shape index (κ1) is 9.85. The summed E-state index contributed by atoms with van der Waals surface area (Å²) >= 11 is 0. The van der Waals surface area contributed by atoms with Crippen LogP contribution in [0.15, 0.2) is 77.7 Å². The van der Waals surface area contributed by atoms with Gasteiger partial charge in [-0.25, -0.2) is 0 Å². The van der Waals surface area contributed by atoms with Gasteiger partial charge in [0.05, 0.1) is 11.4 Å². The Morgan fingerprint density at radius 2 is 1.71 bits per heavy atom. The van der Waals surface area contributed by atoms with Crippen LogP contribution in [-0.2, 0) is 0 Å². The zero-order chi connectivity index (χ0) is 11.5. The van der Waals surface area contributed by atoms with Crippen molar-refractivity contribution in [3.63, 3.8) is 0 Å². The highest BCUT2D eigenvalue weighted by Gasteiger charge is 2.09. The van der Waals surface area contributed by atoms with E-state index in [0.717, 1.165) is 11.4 Å². The van der Waals surface area contributed by atoms with Gasteiger partial charge in [-0.05, 0) is 24.3 Å². The van der Waals surface area contributed by atoms with Crippen molar-refractivity contribution in [2.75, 3.05) is 0 Å². The molecule has 0 bridgehead atoms. The maximum atomic E-state index is 4.39. The molecule has 2 aromatic rings. The van der Waals surface area contributed by atoms with E-state index < -0.39 is 0 Å². The fraction of sp³-hybridized carbons (Fsp3) is 0. The van der Waals surface area contributed by atoms with Gasteiger partial charge in [0.1, 0.15) is 0 Å². The average molecular weight is 220 g/mol. The Morgan fingerprint density at radius 3 is 2.35 bits per heavy atom. The van der Waals surface area contributed by atoms with Crippen LogP contribution in [0.5, 0.6) is 0 Å². The van der Waals surface area contributed by atoms with E-state index >= 15 is 0 Å². The summed E-state index contributed by atoms with van der Waals surface area (Å²) in [5.74, 6) is 0. The number of nitrogens with zero attached hydrogens (tertiary/aromatic N) is 2. The summed E-state index contributed by atoms with van der Waals surface area (Å²) in [6, 6.07) is 14.4. The number of hydrogen-bond donors (Lipinski definition) is 0. The highest BCUT2D eigenvalue weighted by atomic mass is 15.0. The summed E-state index contributed by atoms with van der Waals surface area (Å²) in [5.41, 5.74) is 3.27. The Balaban J connectivity index is 2.20. The third kappa shape index (κ3) is 1.85. The molecule has 0 aliphatic carbocycles. The lowest BCUT2D eigenvalue weighted by Crippen LogP contribution is -1.98. The fourth-order valence-electron chi connectivity index (χ4n) is 1.95. The molecule has 0 atom stereocenters. The van der Waals surface area contributed by atoms with E-state index in [1.165, 1.54) is 5.56 Å². The monoisotopic (exact) mass is 220 g/mol. The molecule has 0 N–H and O–H groups in total. The molecule has 0 amide bonds. The van der Waals surface area contributed by atoms with E-state index in [1.807, 2.05) is 61.1 Å². The Kier molecular flexibility index (Phi) is 2.47. The maximum absolute atomic E-state index is 4.39. The quantitative estimate of drug-likeness (QED) is 0.738. The van der Waals surface area contributed by atoms with Crippen LogP contribution in [0, 0.1) is 0 Å². The molecule has 0 unspecified atom stereocenters. The number of hydrogen-bond acceptors (Lipinski definition) is 1. The molecule has 1 aliphatic rings. The molecule has 2 heteroatoms. The van der Waals surface area contributed by atoms with Crippen molar-refractivity contribution in [3.05, 3.63) is 78.3 Å². The maximum Gasteiger partial charge on any atom is 0.0876 e. The summed E-state index contributed by atoms with van der Waals surface area (Å²) in [7, 11) is 0. The van der Waals surface area contributed by atoms with Crippen LogP contribution in [0.2, 0.25) is 0 Å². The van der Waals surface area contributed by atoms with Crippen molar-refractivity contribution in [2.45, 2.75) is 0 Å². The highest BCUT2D eigenvalue weighted by Crippen LogP contribution is 2.24. The molecular weight excluding hydrogens is 208 g/mol.